The van der Waals surface area contributed by atoms with Crippen LogP contribution in [0.3, 0.4) is 0 Å². The number of halogens is 3. The average molecular weight is 244 g/mol. The largest absolute Gasteiger partial charge is 0.461 e. The molecule has 1 heterocycles. The lowest BCUT2D eigenvalue weighted by molar-refractivity contribution is 0.0511. The Morgan fingerprint density at radius 3 is 2.76 bits per heavy atom. The van der Waals surface area contributed by atoms with E-state index >= 15 is 0 Å². The van der Waals surface area contributed by atoms with E-state index in [9.17, 15) is 18.0 Å². The van der Waals surface area contributed by atoms with Gasteiger partial charge >= 0.3 is 5.97 Å². The van der Waals surface area contributed by atoms with E-state index in [0.717, 1.165) is 0 Å². The summed E-state index contributed by atoms with van der Waals surface area (Å²) >= 11 is 0. The van der Waals surface area contributed by atoms with E-state index in [0.29, 0.717) is 6.07 Å². The Morgan fingerprint density at radius 1 is 1.65 bits per heavy atom. The molecule has 0 aliphatic heterocycles. The molecule has 0 radical (unpaired) electrons. The first-order valence-corrected chi connectivity index (χ1v) is 4.57. The summed E-state index contributed by atoms with van der Waals surface area (Å²) in [6.45, 7) is 1.44. The van der Waals surface area contributed by atoms with Gasteiger partial charge in [-0.05, 0) is 13.0 Å². The molecule has 7 heteroatoms. The minimum atomic E-state index is -3.07. The first-order chi connectivity index (χ1) is 8.01. The molecular formula is C10H7F3N2O2. The van der Waals surface area contributed by atoms with Crippen molar-refractivity contribution in [1.82, 2.24) is 4.98 Å². The summed E-state index contributed by atoms with van der Waals surface area (Å²) < 4.78 is 42.7. The molecule has 0 aliphatic carbocycles. The molecule has 17 heavy (non-hydrogen) atoms. The normalized spacial score (nSPS) is 10.1. The number of ether oxygens (including phenoxy) is 1. The Bertz CT molecular complexity index is 483. The number of pyridine rings is 1. The lowest BCUT2D eigenvalue weighted by Crippen LogP contribution is -2.12. The van der Waals surface area contributed by atoms with Crippen molar-refractivity contribution in [2.75, 3.05) is 6.61 Å². The number of alkyl halides is 2. The highest BCUT2D eigenvalue weighted by molar-refractivity contribution is 5.87. The number of esters is 1. The zero-order valence-electron chi connectivity index (χ0n) is 8.71. The summed E-state index contributed by atoms with van der Waals surface area (Å²) in [5.74, 6) is -2.30. The summed E-state index contributed by atoms with van der Waals surface area (Å²) in [4.78, 5) is 14.3. The van der Waals surface area contributed by atoms with Gasteiger partial charge in [-0.3, -0.25) is 0 Å². The number of nitrogens with zero attached hydrogens (tertiary/aromatic N) is 2. The van der Waals surface area contributed by atoms with Crippen LogP contribution >= 0.6 is 0 Å². The predicted molar refractivity (Wildman–Crippen MR) is 49.8 cm³/mol. The number of carbonyl (C=O) groups excluding carboxylic acids is 1. The van der Waals surface area contributed by atoms with Crippen LogP contribution in [0, 0.1) is 17.1 Å². The fourth-order valence-electron chi connectivity index (χ4n) is 1.10. The Hall–Kier alpha value is -2.10. The third-order valence-corrected chi connectivity index (χ3v) is 1.80. The molecule has 0 unspecified atom stereocenters. The van der Waals surface area contributed by atoms with Gasteiger partial charge in [0.15, 0.2) is 11.5 Å². The number of nitriles is 1. The lowest BCUT2D eigenvalue weighted by atomic mass is 10.2. The zero-order valence-corrected chi connectivity index (χ0v) is 8.71. The summed E-state index contributed by atoms with van der Waals surface area (Å²) in [7, 11) is 0. The standard InChI is InChI=1S/C10H7F3N2O2/c1-2-17-10(16)8-6(11)3-5(4-14)7(15-8)9(12)13/h3,9H,2H2,1H3. The van der Waals surface area contributed by atoms with Gasteiger partial charge in [0, 0.05) is 0 Å². The van der Waals surface area contributed by atoms with Crippen molar-refractivity contribution >= 4 is 5.97 Å². The highest BCUT2D eigenvalue weighted by atomic mass is 19.3. The predicted octanol–water partition coefficient (Wildman–Crippen LogP) is 2.21. The van der Waals surface area contributed by atoms with Crippen LogP contribution < -0.4 is 0 Å². The molecule has 0 amide bonds. The van der Waals surface area contributed by atoms with Gasteiger partial charge in [-0.15, -0.1) is 0 Å². The molecule has 0 aromatic carbocycles. The molecule has 90 valence electrons. The van der Waals surface area contributed by atoms with Crippen LogP contribution in [-0.4, -0.2) is 17.6 Å². The first kappa shape index (κ1) is 13.0. The average Bonchev–Trinajstić information content (AvgIpc) is 2.28. The summed E-state index contributed by atoms with van der Waals surface area (Å²) in [6.07, 6.45) is -3.07. The van der Waals surface area contributed by atoms with Crippen molar-refractivity contribution in [1.29, 1.82) is 5.26 Å². The molecule has 0 bridgehead atoms. The van der Waals surface area contributed by atoms with Crippen LogP contribution in [0.4, 0.5) is 13.2 Å². The second-order valence-corrected chi connectivity index (χ2v) is 2.88. The fourth-order valence-corrected chi connectivity index (χ4v) is 1.10. The van der Waals surface area contributed by atoms with Gasteiger partial charge in [0.2, 0.25) is 0 Å². The molecule has 0 fully saturated rings. The summed E-state index contributed by atoms with van der Waals surface area (Å²) in [6, 6.07) is 1.92. The van der Waals surface area contributed by atoms with E-state index in [-0.39, 0.29) is 6.61 Å². The van der Waals surface area contributed by atoms with Gasteiger partial charge in [0.05, 0.1) is 12.2 Å². The number of aromatic nitrogens is 1. The molecule has 0 saturated heterocycles. The van der Waals surface area contributed by atoms with Crippen LogP contribution in [0.15, 0.2) is 6.07 Å². The topological polar surface area (TPSA) is 63.0 Å². The highest BCUT2D eigenvalue weighted by Gasteiger charge is 2.23. The van der Waals surface area contributed by atoms with E-state index in [1.165, 1.54) is 13.0 Å². The summed E-state index contributed by atoms with van der Waals surface area (Å²) in [5.41, 5.74) is -2.39. The van der Waals surface area contributed by atoms with Crippen molar-refractivity contribution in [3.63, 3.8) is 0 Å². The smallest absolute Gasteiger partial charge is 0.360 e. The molecule has 0 saturated carbocycles. The third-order valence-electron chi connectivity index (χ3n) is 1.80. The van der Waals surface area contributed by atoms with Gasteiger partial charge in [-0.1, -0.05) is 0 Å². The van der Waals surface area contributed by atoms with Crippen LogP contribution in [-0.2, 0) is 4.74 Å². The van der Waals surface area contributed by atoms with Gasteiger partial charge in [-0.25, -0.2) is 22.9 Å². The quantitative estimate of drug-likeness (QED) is 0.764. The number of hydrogen-bond donors (Lipinski definition) is 0. The Kier molecular flexibility index (Phi) is 4.04. The van der Waals surface area contributed by atoms with Gasteiger partial charge in [-0.2, -0.15) is 5.26 Å². The molecule has 4 nitrogen and oxygen atoms in total. The number of rotatable bonds is 3. The second-order valence-electron chi connectivity index (χ2n) is 2.88. The van der Waals surface area contributed by atoms with E-state index in [1.54, 1.807) is 0 Å². The van der Waals surface area contributed by atoms with E-state index in [1.807, 2.05) is 0 Å². The maximum absolute atomic E-state index is 13.3. The molecule has 0 N–H and O–H groups in total. The number of carbonyl (C=O) groups is 1. The molecule has 1 aromatic rings. The van der Waals surface area contributed by atoms with E-state index in [2.05, 4.69) is 9.72 Å². The number of hydrogen-bond acceptors (Lipinski definition) is 4. The monoisotopic (exact) mass is 244 g/mol. The van der Waals surface area contributed by atoms with Crippen molar-refractivity contribution in [2.45, 2.75) is 13.3 Å². The van der Waals surface area contributed by atoms with Gasteiger partial charge in [0.1, 0.15) is 11.8 Å². The Morgan fingerprint density at radius 2 is 2.29 bits per heavy atom. The Labute approximate surface area is 94.6 Å². The van der Waals surface area contributed by atoms with Gasteiger partial charge in [0.25, 0.3) is 6.43 Å². The second kappa shape index (κ2) is 5.30. The van der Waals surface area contributed by atoms with Gasteiger partial charge < -0.3 is 4.74 Å². The summed E-state index contributed by atoms with van der Waals surface area (Å²) in [5, 5.41) is 8.52. The maximum Gasteiger partial charge on any atom is 0.360 e. The van der Waals surface area contributed by atoms with Crippen LogP contribution in [0.5, 0.6) is 0 Å². The molecular weight excluding hydrogens is 237 g/mol. The van der Waals surface area contributed by atoms with Crippen molar-refractivity contribution in [2.24, 2.45) is 0 Å². The van der Waals surface area contributed by atoms with Crippen molar-refractivity contribution < 1.29 is 22.7 Å². The first-order valence-electron chi connectivity index (χ1n) is 4.57. The molecule has 0 spiro atoms. The highest BCUT2D eigenvalue weighted by Crippen LogP contribution is 2.22. The zero-order chi connectivity index (χ0) is 13.0. The molecule has 0 atom stereocenters. The Balaban J connectivity index is 3.30. The maximum atomic E-state index is 13.3. The van der Waals surface area contributed by atoms with Crippen LogP contribution in [0.2, 0.25) is 0 Å². The van der Waals surface area contributed by atoms with Crippen molar-refractivity contribution in [3.8, 4) is 6.07 Å². The van der Waals surface area contributed by atoms with E-state index < -0.39 is 35.2 Å². The minimum Gasteiger partial charge on any atom is -0.461 e. The van der Waals surface area contributed by atoms with Crippen LogP contribution in [0.1, 0.15) is 35.1 Å². The fraction of sp³-hybridized carbons (Fsp3) is 0.300. The van der Waals surface area contributed by atoms with Crippen molar-refractivity contribution in [3.05, 3.63) is 28.8 Å². The SMILES string of the molecule is CCOC(=O)c1nc(C(F)F)c(C#N)cc1F. The lowest BCUT2D eigenvalue weighted by Gasteiger charge is -2.06. The molecule has 1 aromatic heterocycles. The third kappa shape index (κ3) is 2.72. The molecule has 1 rings (SSSR count). The van der Waals surface area contributed by atoms with E-state index in [4.69, 9.17) is 5.26 Å². The minimum absolute atomic E-state index is 0.0377. The van der Waals surface area contributed by atoms with Crippen LogP contribution in [0.25, 0.3) is 0 Å². The molecule has 0 aliphatic rings.